The zero-order chi connectivity index (χ0) is 26.1. The Morgan fingerprint density at radius 3 is 2.78 bits per heavy atom. The molecule has 4 rings (SSSR count). The van der Waals surface area contributed by atoms with Gasteiger partial charge in [0.2, 0.25) is 15.8 Å². The summed E-state index contributed by atoms with van der Waals surface area (Å²) < 4.78 is 46.8. The maximum atomic E-state index is 14.0. The Bertz CT molecular complexity index is 1320. The standard InChI is InChI=1S/C24H31FN4O6S/c1-24(2)23-27-19(20(30)22(32)29(23)11-12-35-24)21(31)26-15-17-7-8-18(25)14-16(17)6-5-10-28-9-3-4-13-36(28,33)34/h7-8,14,30H,3-6,9-13,15H2,1-2H3,(H,26,31). The van der Waals surface area contributed by atoms with Gasteiger partial charge in [-0.3, -0.25) is 14.2 Å². The Kier molecular flexibility index (Phi) is 7.48. The third-order valence-electron chi connectivity index (χ3n) is 6.59. The number of rotatable bonds is 7. The van der Waals surface area contributed by atoms with Gasteiger partial charge in [0.1, 0.15) is 17.2 Å². The molecule has 0 aliphatic carbocycles. The molecule has 36 heavy (non-hydrogen) atoms. The van der Waals surface area contributed by atoms with E-state index in [4.69, 9.17) is 4.74 Å². The van der Waals surface area contributed by atoms with Gasteiger partial charge in [-0.1, -0.05) is 6.07 Å². The van der Waals surface area contributed by atoms with Crippen molar-refractivity contribution in [2.75, 3.05) is 25.4 Å². The average Bonchev–Trinajstić information content (AvgIpc) is 2.81. The Morgan fingerprint density at radius 1 is 1.25 bits per heavy atom. The summed E-state index contributed by atoms with van der Waals surface area (Å²) in [6, 6.07) is 4.20. The van der Waals surface area contributed by atoms with E-state index in [1.54, 1.807) is 19.9 Å². The normalized spacial score (nSPS) is 19.0. The van der Waals surface area contributed by atoms with Gasteiger partial charge in [0.25, 0.3) is 11.5 Å². The van der Waals surface area contributed by atoms with E-state index in [2.05, 4.69) is 10.3 Å². The van der Waals surface area contributed by atoms with Crippen molar-refractivity contribution in [3.63, 3.8) is 0 Å². The van der Waals surface area contributed by atoms with E-state index in [0.717, 1.165) is 6.42 Å². The van der Waals surface area contributed by atoms with E-state index >= 15 is 0 Å². The minimum absolute atomic E-state index is 0.00981. The first-order valence-electron chi connectivity index (χ1n) is 12.0. The topological polar surface area (TPSA) is 131 Å². The van der Waals surface area contributed by atoms with Crippen LogP contribution >= 0.6 is 0 Å². The fourth-order valence-electron chi connectivity index (χ4n) is 4.62. The highest BCUT2D eigenvalue weighted by atomic mass is 32.2. The number of aryl methyl sites for hydroxylation is 1. The number of hydrogen-bond donors (Lipinski definition) is 2. The number of fused-ring (bicyclic) bond motifs is 1. The molecule has 2 aliphatic heterocycles. The third-order valence-corrected chi connectivity index (χ3v) is 8.55. The molecule has 12 heteroatoms. The molecule has 0 unspecified atom stereocenters. The zero-order valence-electron chi connectivity index (χ0n) is 20.4. The van der Waals surface area contributed by atoms with Crippen molar-refractivity contribution in [3.8, 4) is 5.75 Å². The van der Waals surface area contributed by atoms with E-state index in [0.29, 0.717) is 43.5 Å². The Labute approximate surface area is 209 Å². The fraction of sp³-hybridized carbons (Fsp3) is 0.542. The second-order valence-electron chi connectivity index (χ2n) is 9.57. The maximum Gasteiger partial charge on any atom is 0.296 e. The molecule has 196 valence electrons. The molecule has 0 radical (unpaired) electrons. The number of nitrogens with zero attached hydrogens (tertiary/aromatic N) is 3. The Balaban J connectivity index is 1.47. The first-order chi connectivity index (χ1) is 17.0. The van der Waals surface area contributed by atoms with Crippen LogP contribution in [0.25, 0.3) is 0 Å². The molecule has 2 aliphatic rings. The molecule has 2 aromatic rings. The lowest BCUT2D eigenvalue weighted by Gasteiger charge is -2.32. The second-order valence-corrected chi connectivity index (χ2v) is 11.7. The zero-order valence-corrected chi connectivity index (χ0v) is 21.2. The number of aromatic hydroxyl groups is 1. The van der Waals surface area contributed by atoms with Crippen molar-refractivity contribution in [2.45, 2.75) is 58.2 Å². The van der Waals surface area contributed by atoms with Crippen LogP contribution in [0.1, 0.15) is 60.5 Å². The molecule has 0 bridgehead atoms. The van der Waals surface area contributed by atoms with Gasteiger partial charge in [-0.2, -0.15) is 0 Å². The van der Waals surface area contributed by atoms with Crippen LogP contribution in [0, 0.1) is 5.82 Å². The number of nitrogens with one attached hydrogen (secondary N) is 1. The maximum absolute atomic E-state index is 14.0. The summed E-state index contributed by atoms with van der Waals surface area (Å²) in [6.07, 6.45) is 2.41. The van der Waals surface area contributed by atoms with E-state index < -0.39 is 44.4 Å². The highest BCUT2D eigenvalue weighted by molar-refractivity contribution is 7.89. The van der Waals surface area contributed by atoms with Crippen LogP contribution in [0.3, 0.4) is 0 Å². The number of benzene rings is 1. The van der Waals surface area contributed by atoms with Gasteiger partial charge < -0.3 is 15.2 Å². The van der Waals surface area contributed by atoms with Crippen LogP contribution in [0.4, 0.5) is 4.39 Å². The van der Waals surface area contributed by atoms with E-state index in [1.165, 1.54) is 21.0 Å². The van der Waals surface area contributed by atoms with Gasteiger partial charge in [-0.25, -0.2) is 22.1 Å². The molecule has 0 saturated carbocycles. The van der Waals surface area contributed by atoms with E-state index in [9.17, 15) is 27.5 Å². The van der Waals surface area contributed by atoms with Gasteiger partial charge in [0.15, 0.2) is 5.69 Å². The lowest BCUT2D eigenvalue weighted by Crippen LogP contribution is -2.42. The fourth-order valence-corrected chi connectivity index (χ4v) is 6.26. The third kappa shape index (κ3) is 5.45. The summed E-state index contributed by atoms with van der Waals surface area (Å²) in [7, 11) is -3.24. The predicted molar refractivity (Wildman–Crippen MR) is 130 cm³/mol. The number of ether oxygens (including phenoxy) is 1. The number of hydrogen-bond acceptors (Lipinski definition) is 7. The molecule has 2 N–H and O–H groups in total. The highest BCUT2D eigenvalue weighted by Crippen LogP contribution is 2.27. The van der Waals surface area contributed by atoms with Crippen molar-refractivity contribution in [1.29, 1.82) is 0 Å². The summed E-state index contributed by atoms with van der Waals surface area (Å²) >= 11 is 0. The Morgan fingerprint density at radius 2 is 2.03 bits per heavy atom. The quantitative estimate of drug-likeness (QED) is 0.565. The molecule has 0 atom stereocenters. The van der Waals surface area contributed by atoms with Crippen molar-refractivity contribution in [3.05, 3.63) is 57.0 Å². The summed E-state index contributed by atoms with van der Waals surface area (Å²) in [5.41, 5.74) is -0.738. The van der Waals surface area contributed by atoms with E-state index in [-0.39, 0.29) is 31.3 Å². The van der Waals surface area contributed by atoms with Crippen LogP contribution < -0.4 is 10.9 Å². The molecule has 1 aromatic heterocycles. The van der Waals surface area contributed by atoms with Gasteiger partial charge in [-0.05, 0) is 62.8 Å². The molecule has 1 amide bonds. The molecule has 1 saturated heterocycles. The molecular weight excluding hydrogens is 491 g/mol. The van der Waals surface area contributed by atoms with E-state index in [1.807, 2.05) is 0 Å². The minimum Gasteiger partial charge on any atom is -0.501 e. The molecule has 1 fully saturated rings. The van der Waals surface area contributed by atoms with Crippen LogP contribution in [0.2, 0.25) is 0 Å². The molecular formula is C24H31FN4O6S. The predicted octanol–water partition coefficient (Wildman–Crippen LogP) is 1.64. The smallest absolute Gasteiger partial charge is 0.296 e. The van der Waals surface area contributed by atoms with Crippen LogP contribution in [-0.2, 0) is 39.9 Å². The van der Waals surface area contributed by atoms with Crippen molar-refractivity contribution in [1.82, 2.24) is 19.2 Å². The molecule has 10 nitrogen and oxygen atoms in total. The van der Waals surface area contributed by atoms with Crippen LogP contribution in [-0.4, -0.2) is 58.7 Å². The van der Waals surface area contributed by atoms with Crippen molar-refractivity contribution < 1.29 is 27.4 Å². The summed E-state index contributed by atoms with van der Waals surface area (Å²) in [5, 5.41) is 13.0. The SMILES string of the molecule is CC1(C)OCCn2c1nc(C(=O)NCc1ccc(F)cc1CCCN1CCCCS1(=O)=O)c(O)c2=O. The lowest BCUT2D eigenvalue weighted by atomic mass is 10.0. The van der Waals surface area contributed by atoms with Crippen LogP contribution in [0.5, 0.6) is 5.75 Å². The first-order valence-corrected chi connectivity index (χ1v) is 13.6. The minimum atomic E-state index is -3.24. The second kappa shape index (κ2) is 10.3. The van der Waals surface area contributed by atoms with Crippen molar-refractivity contribution in [2.24, 2.45) is 0 Å². The Hall–Kier alpha value is -2.83. The number of carbonyl (C=O) groups is 1. The number of amides is 1. The molecule has 3 heterocycles. The summed E-state index contributed by atoms with van der Waals surface area (Å²) in [5.74, 6) is -1.52. The highest BCUT2D eigenvalue weighted by Gasteiger charge is 2.34. The summed E-state index contributed by atoms with van der Waals surface area (Å²) in [6.45, 7) is 4.80. The number of aromatic nitrogens is 2. The number of halogens is 1. The summed E-state index contributed by atoms with van der Waals surface area (Å²) in [4.78, 5) is 29.8. The first kappa shape index (κ1) is 26.2. The van der Waals surface area contributed by atoms with Crippen LogP contribution in [0.15, 0.2) is 23.0 Å². The van der Waals surface area contributed by atoms with Gasteiger partial charge >= 0.3 is 0 Å². The number of carbonyl (C=O) groups excluding carboxylic acids is 1. The molecule has 1 aromatic carbocycles. The van der Waals surface area contributed by atoms with Gasteiger partial charge in [0, 0.05) is 19.6 Å². The number of sulfonamides is 1. The van der Waals surface area contributed by atoms with Gasteiger partial charge in [0.05, 0.1) is 18.9 Å². The monoisotopic (exact) mass is 522 g/mol. The van der Waals surface area contributed by atoms with Crippen molar-refractivity contribution >= 4 is 15.9 Å². The lowest BCUT2D eigenvalue weighted by molar-refractivity contribution is -0.0566. The average molecular weight is 523 g/mol. The van der Waals surface area contributed by atoms with Gasteiger partial charge in [-0.15, -0.1) is 0 Å². The largest absolute Gasteiger partial charge is 0.501 e. The molecule has 0 spiro atoms.